The molecule has 1 unspecified atom stereocenters. The third kappa shape index (κ3) is 3.52. The van der Waals surface area contributed by atoms with E-state index in [1.165, 1.54) is 0 Å². The van der Waals surface area contributed by atoms with Crippen LogP contribution in [0.15, 0.2) is 40.7 Å². The molecule has 1 aliphatic heterocycles. The van der Waals surface area contributed by atoms with Crippen LogP contribution in [0.1, 0.15) is 32.4 Å². The van der Waals surface area contributed by atoms with Gasteiger partial charge >= 0.3 is 5.97 Å². The van der Waals surface area contributed by atoms with E-state index in [0.717, 1.165) is 11.3 Å². The molecule has 0 amide bonds. The Hall–Kier alpha value is -1.99. The summed E-state index contributed by atoms with van der Waals surface area (Å²) >= 11 is 7.57. The number of ether oxygens (including phenoxy) is 1. The van der Waals surface area contributed by atoms with Crippen LogP contribution in [0.3, 0.4) is 0 Å². The van der Waals surface area contributed by atoms with Crippen molar-refractivity contribution in [3.63, 3.8) is 0 Å². The number of hydrogen-bond acceptors (Lipinski definition) is 6. The molecular weight excluding hydrogens is 360 g/mol. The Morgan fingerprint density at radius 2 is 2.08 bits per heavy atom. The number of allylic oxidation sites excluding steroid dienone is 1. The lowest BCUT2D eigenvalue weighted by molar-refractivity contribution is -0.139. The third-order valence-electron chi connectivity index (χ3n) is 3.79. The molecule has 0 fully saturated rings. The highest BCUT2D eigenvalue weighted by atomic mass is 35.5. The fourth-order valence-electron chi connectivity index (χ4n) is 2.75. The molecule has 1 aromatic carbocycles. The number of carbonyl (C=O) groups is 1. The first kappa shape index (κ1) is 17.8. The summed E-state index contributed by atoms with van der Waals surface area (Å²) in [6.07, 6.45) is 0. The van der Waals surface area contributed by atoms with Crippen LogP contribution in [-0.4, -0.2) is 33.1 Å². The minimum Gasteiger partial charge on any atom is -0.463 e. The molecule has 0 spiro atoms. The zero-order valence-corrected chi connectivity index (χ0v) is 15.8. The number of nitrogens with one attached hydrogen (secondary N) is 1. The maximum atomic E-state index is 12.6. The smallest absolute Gasteiger partial charge is 0.338 e. The number of aromatic nitrogens is 3. The Bertz CT molecular complexity index is 817. The largest absolute Gasteiger partial charge is 0.463 e. The van der Waals surface area contributed by atoms with Crippen molar-refractivity contribution >= 4 is 35.3 Å². The summed E-state index contributed by atoms with van der Waals surface area (Å²) in [4.78, 5) is 17.1. The van der Waals surface area contributed by atoms with Gasteiger partial charge in [0.15, 0.2) is 0 Å². The topological polar surface area (TPSA) is 69.0 Å². The van der Waals surface area contributed by atoms with E-state index >= 15 is 0 Å². The average molecular weight is 379 g/mol. The van der Waals surface area contributed by atoms with Crippen LogP contribution in [-0.2, 0) is 9.53 Å². The lowest BCUT2D eigenvalue weighted by atomic mass is 9.96. The molecule has 8 heteroatoms. The van der Waals surface area contributed by atoms with Crippen molar-refractivity contribution in [1.29, 1.82) is 0 Å². The summed E-state index contributed by atoms with van der Waals surface area (Å²) in [6.45, 7) is 5.99. The highest BCUT2D eigenvalue weighted by Crippen LogP contribution is 2.36. The van der Waals surface area contributed by atoms with Gasteiger partial charge in [-0.05, 0) is 37.3 Å². The van der Waals surface area contributed by atoms with E-state index in [1.54, 1.807) is 35.5 Å². The number of fused-ring (bicyclic) bond motifs is 1. The Kier molecular flexibility index (Phi) is 5.34. The van der Waals surface area contributed by atoms with E-state index in [9.17, 15) is 4.79 Å². The summed E-state index contributed by atoms with van der Waals surface area (Å²) in [6, 6.07) is 6.97. The minimum absolute atomic E-state index is 0.310. The molecule has 0 radical (unpaired) electrons. The second kappa shape index (κ2) is 7.49. The molecule has 25 heavy (non-hydrogen) atoms. The number of nitrogens with zero attached hydrogens (tertiary/aromatic N) is 3. The molecule has 3 rings (SSSR count). The SMILES string of the molecule is CCOC(=O)C1=C(C)Nc2nc(SCC)nn2C1c1ccc(Cl)cc1. The van der Waals surface area contributed by atoms with Crippen molar-refractivity contribution in [2.75, 3.05) is 17.7 Å². The maximum Gasteiger partial charge on any atom is 0.338 e. The number of anilines is 1. The highest BCUT2D eigenvalue weighted by molar-refractivity contribution is 7.99. The van der Waals surface area contributed by atoms with Crippen LogP contribution in [0, 0.1) is 0 Å². The number of hydrogen-bond donors (Lipinski definition) is 1. The summed E-state index contributed by atoms with van der Waals surface area (Å²) in [7, 11) is 0. The van der Waals surface area contributed by atoms with Gasteiger partial charge in [-0.25, -0.2) is 9.48 Å². The standard InChI is InChI=1S/C17H19ClN4O2S/c1-4-24-15(23)13-10(3)19-16-20-17(25-5-2)21-22(16)14(13)11-6-8-12(18)9-7-11/h6-9,14H,4-5H2,1-3H3,(H,19,20,21). The molecule has 0 saturated carbocycles. The fraction of sp³-hybridized carbons (Fsp3) is 0.353. The van der Waals surface area contributed by atoms with Crippen molar-refractivity contribution < 1.29 is 9.53 Å². The molecule has 0 aliphatic carbocycles. The second-order valence-corrected chi connectivity index (χ2v) is 7.10. The van der Waals surface area contributed by atoms with Crippen LogP contribution < -0.4 is 5.32 Å². The first-order chi connectivity index (χ1) is 12.0. The van der Waals surface area contributed by atoms with Gasteiger partial charge in [-0.2, -0.15) is 4.98 Å². The molecule has 0 bridgehead atoms. The van der Waals surface area contributed by atoms with Crippen molar-refractivity contribution in [3.8, 4) is 0 Å². The lowest BCUT2D eigenvalue weighted by Gasteiger charge is -2.28. The Morgan fingerprint density at radius 3 is 2.72 bits per heavy atom. The summed E-state index contributed by atoms with van der Waals surface area (Å²) in [5, 5.41) is 9.05. The van der Waals surface area contributed by atoms with Crippen LogP contribution >= 0.6 is 23.4 Å². The molecule has 2 heterocycles. The maximum absolute atomic E-state index is 12.6. The summed E-state index contributed by atoms with van der Waals surface area (Å²) < 4.78 is 7.00. The molecule has 1 atom stereocenters. The van der Waals surface area contributed by atoms with Crippen molar-refractivity contribution in [3.05, 3.63) is 46.1 Å². The Labute approximate surface area is 155 Å². The van der Waals surface area contributed by atoms with Gasteiger partial charge < -0.3 is 10.1 Å². The average Bonchev–Trinajstić information content (AvgIpc) is 2.97. The van der Waals surface area contributed by atoms with E-state index in [1.807, 2.05) is 26.0 Å². The zero-order chi connectivity index (χ0) is 18.0. The Balaban J connectivity index is 2.12. The van der Waals surface area contributed by atoms with E-state index in [4.69, 9.17) is 16.3 Å². The quantitative estimate of drug-likeness (QED) is 0.628. The van der Waals surface area contributed by atoms with Gasteiger partial charge in [-0.15, -0.1) is 5.10 Å². The van der Waals surface area contributed by atoms with Crippen LogP contribution in [0.25, 0.3) is 0 Å². The minimum atomic E-state index is -0.411. The van der Waals surface area contributed by atoms with Gasteiger partial charge in [0.25, 0.3) is 0 Å². The van der Waals surface area contributed by atoms with Gasteiger partial charge in [-0.3, -0.25) is 0 Å². The van der Waals surface area contributed by atoms with Crippen LogP contribution in [0.5, 0.6) is 0 Å². The van der Waals surface area contributed by atoms with E-state index in [-0.39, 0.29) is 5.97 Å². The summed E-state index contributed by atoms with van der Waals surface area (Å²) in [5.41, 5.74) is 2.13. The number of rotatable bonds is 5. The van der Waals surface area contributed by atoms with Gasteiger partial charge in [0.2, 0.25) is 11.1 Å². The fourth-order valence-corrected chi connectivity index (χ4v) is 3.43. The molecule has 1 N–H and O–H groups in total. The van der Waals surface area contributed by atoms with Gasteiger partial charge in [0, 0.05) is 10.7 Å². The number of halogens is 1. The molecular formula is C17H19ClN4O2S. The normalized spacial score (nSPS) is 16.4. The van der Waals surface area contributed by atoms with Crippen molar-refractivity contribution in [1.82, 2.24) is 14.8 Å². The highest BCUT2D eigenvalue weighted by Gasteiger charge is 2.35. The molecule has 1 aliphatic rings. The van der Waals surface area contributed by atoms with E-state index < -0.39 is 6.04 Å². The van der Waals surface area contributed by atoms with E-state index in [0.29, 0.717) is 34.0 Å². The monoisotopic (exact) mass is 378 g/mol. The van der Waals surface area contributed by atoms with E-state index in [2.05, 4.69) is 15.4 Å². The third-order valence-corrected chi connectivity index (χ3v) is 4.76. The zero-order valence-electron chi connectivity index (χ0n) is 14.2. The van der Waals surface area contributed by atoms with Crippen LogP contribution in [0.2, 0.25) is 5.02 Å². The van der Waals surface area contributed by atoms with Gasteiger partial charge in [0.05, 0.1) is 12.2 Å². The first-order valence-corrected chi connectivity index (χ1v) is 9.41. The Morgan fingerprint density at radius 1 is 1.36 bits per heavy atom. The summed E-state index contributed by atoms with van der Waals surface area (Å²) in [5.74, 6) is 1.12. The first-order valence-electron chi connectivity index (χ1n) is 8.04. The van der Waals surface area contributed by atoms with Gasteiger partial charge in [-0.1, -0.05) is 42.4 Å². The van der Waals surface area contributed by atoms with Crippen molar-refractivity contribution in [2.45, 2.75) is 32.0 Å². The second-order valence-electron chi connectivity index (χ2n) is 5.43. The number of thioether (sulfide) groups is 1. The van der Waals surface area contributed by atoms with Gasteiger partial charge in [0.1, 0.15) is 6.04 Å². The number of benzene rings is 1. The predicted octanol–water partition coefficient (Wildman–Crippen LogP) is 3.90. The molecule has 6 nitrogen and oxygen atoms in total. The molecule has 1 aromatic heterocycles. The molecule has 2 aromatic rings. The lowest BCUT2D eigenvalue weighted by Crippen LogP contribution is -2.29. The predicted molar refractivity (Wildman–Crippen MR) is 99.0 cm³/mol. The molecule has 0 saturated heterocycles. The number of esters is 1. The number of carbonyl (C=O) groups excluding carboxylic acids is 1. The van der Waals surface area contributed by atoms with Crippen molar-refractivity contribution in [2.24, 2.45) is 0 Å². The van der Waals surface area contributed by atoms with Crippen LogP contribution in [0.4, 0.5) is 5.95 Å². The molecule has 132 valence electrons.